The lowest BCUT2D eigenvalue weighted by Gasteiger charge is -2.40. The first-order valence-corrected chi connectivity index (χ1v) is 23.2. The Morgan fingerprint density at radius 2 is 0.944 bits per heavy atom. The molecule has 320 valence electrons. The van der Waals surface area contributed by atoms with E-state index in [-0.39, 0.29) is 19.4 Å². The highest BCUT2D eigenvalue weighted by Crippen LogP contribution is 2.24. The maximum Gasteiger partial charge on any atom is 0.306 e. The molecule has 0 amide bonds. The first-order valence-electron chi connectivity index (χ1n) is 21.6. The summed E-state index contributed by atoms with van der Waals surface area (Å²) in [4.78, 5) is 25.3. The molecule has 0 radical (unpaired) electrons. The molecular weight excluding hydrogens is 717 g/mol. The summed E-state index contributed by atoms with van der Waals surface area (Å²) < 4.78 is 53.9. The van der Waals surface area contributed by atoms with Crippen LogP contribution in [0, 0.1) is 0 Å². The molecular formula is C41H78O12S. The first kappa shape index (κ1) is 50.7. The molecule has 1 saturated heterocycles. The number of esters is 2. The topological polar surface area (TPSA) is 186 Å². The normalized spacial score (nSPS) is 20.9. The monoisotopic (exact) mass is 795 g/mol. The number of carbonyl (C=O) groups excluding carboxylic acids is 2. The molecule has 1 aliphatic rings. The summed E-state index contributed by atoms with van der Waals surface area (Å²) in [6.45, 7) is 3.76. The average Bonchev–Trinajstić information content (AvgIpc) is 3.13. The molecule has 0 saturated carbocycles. The molecule has 0 bridgehead atoms. The van der Waals surface area contributed by atoms with Gasteiger partial charge in [0.25, 0.3) is 10.1 Å². The number of aliphatic hydroxyl groups is 3. The fourth-order valence-electron chi connectivity index (χ4n) is 6.79. The van der Waals surface area contributed by atoms with Crippen molar-refractivity contribution in [2.45, 2.75) is 230 Å². The van der Waals surface area contributed by atoms with E-state index in [9.17, 15) is 37.9 Å². The van der Waals surface area contributed by atoms with E-state index in [2.05, 4.69) is 13.8 Å². The zero-order valence-electron chi connectivity index (χ0n) is 33.8. The minimum atomic E-state index is -4.59. The van der Waals surface area contributed by atoms with Gasteiger partial charge >= 0.3 is 11.9 Å². The molecule has 54 heavy (non-hydrogen) atoms. The Bertz CT molecular complexity index is 1030. The zero-order chi connectivity index (χ0) is 39.9. The van der Waals surface area contributed by atoms with Crippen LogP contribution in [0.2, 0.25) is 0 Å². The molecule has 4 N–H and O–H groups in total. The van der Waals surface area contributed by atoms with Gasteiger partial charge in [-0.2, -0.15) is 8.42 Å². The van der Waals surface area contributed by atoms with Crippen LogP contribution < -0.4 is 0 Å². The van der Waals surface area contributed by atoms with E-state index >= 15 is 0 Å². The van der Waals surface area contributed by atoms with Gasteiger partial charge in [0.15, 0.2) is 12.4 Å². The Kier molecular flexibility index (Phi) is 30.7. The number of carbonyl (C=O) groups is 2. The maximum atomic E-state index is 12.8. The van der Waals surface area contributed by atoms with Gasteiger partial charge in [-0.25, -0.2) is 0 Å². The predicted octanol–water partition coefficient (Wildman–Crippen LogP) is 8.12. The summed E-state index contributed by atoms with van der Waals surface area (Å²) in [6.07, 6.45) is 21.5. The third-order valence-electron chi connectivity index (χ3n) is 10.2. The van der Waals surface area contributed by atoms with Crippen LogP contribution in [0.4, 0.5) is 0 Å². The average molecular weight is 795 g/mol. The van der Waals surface area contributed by atoms with E-state index in [1.807, 2.05) is 0 Å². The molecule has 1 aliphatic heterocycles. The van der Waals surface area contributed by atoms with E-state index in [1.165, 1.54) is 116 Å². The summed E-state index contributed by atoms with van der Waals surface area (Å²) in [6, 6.07) is 0. The molecule has 6 atom stereocenters. The van der Waals surface area contributed by atoms with E-state index in [4.69, 9.17) is 18.9 Å². The fraction of sp³-hybridized carbons (Fsp3) is 0.951. The van der Waals surface area contributed by atoms with Crippen molar-refractivity contribution in [2.24, 2.45) is 0 Å². The van der Waals surface area contributed by atoms with Crippen LogP contribution in [0.5, 0.6) is 0 Å². The Morgan fingerprint density at radius 3 is 1.35 bits per heavy atom. The standard InChI is InChI=1S/C41H78O12S/c1-3-5-7-9-11-13-15-17-19-21-23-25-27-29-36(42)50-31-34(32-51-41-40(46)39(45)38(44)35(53-41)33-54(47,48)49)52-37(43)30-28-26-24-22-20-18-16-14-12-10-8-6-4-2/h34-35,38-41,44-46H,3-33H2,1-2H3,(H,47,48,49)/t34-,35+,38+,39-,40+,41-/m0/s1. The number of aliphatic hydroxyl groups excluding tert-OH is 3. The SMILES string of the molecule is CCCCCCCCCCCCCCCC(=O)OC[C@@H](CO[C@H]1O[C@H](CS(=O)(=O)O)[C@@H](O)[C@H](O)[C@H]1O)OC(=O)CCCCCCCCCCCCCCC. The quantitative estimate of drug-likeness (QED) is 0.0272. The zero-order valence-corrected chi connectivity index (χ0v) is 34.7. The van der Waals surface area contributed by atoms with Crippen LogP contribution in [0.25, 0.3) is 0 Å². The molecule has 0 aromatic carbocycles. The second kappa shape index (κ2) is 32.7. The lowest BCUT2D eigenvalue weighted by Crippen LogP contribution is -2.60. The van der Waals surface area contributed by atoms with Crippen molar-refractivity contribution in [1.29, 1.82) is 0 Å². The number of unbranched alkanes of at least 4 members (excludes halogenated alkanes) is 24. The minimum absolute atomic E-state index is 0.172. The fourth-order valence-corrected chi connectivity index (χ4v) is 7.49. The second-order valence-corrected chi connectivity index (χ2v) is 16.9. The van der Waals surface area contributed by atoms with Gasteiger partial charge in [-0.15, -0.1) is 0 Å². The van der Waals surface area contributed by atoms with Crippen LogP contribution in [0.15, 0.2) is 0 Å². The highest BCUT2D eigenvalue weighted by atomic mass is 32.2. The van der Waals surface area contributed by atoms with Gasteiger partial charge in [0, 0.05) is 12.8 Å². The van der Waals surface area contributed by atoms with Crippen molar-refractivity contribution in [1.82, 2.24) is 0 Å². The summed E-state index contributed by atoms with van der Waals surface area (Å²) in [7, 11) is -4.59. The highest BCUT2D eigenvalue weighted by Gasteiger charge is 2.46. The second-order valence-electron chi connectivity index (χ2n) is 15.4. The summed E-state index contributed by atoms with van der Waals surface area (Å²) in [5, 5.41) is 30.8. The van der Waals surface area contributed by atoms with Crippen LogP contribution in [-0.4, -0.2) is 96.0 Å². The van der Waals surface area contributed by atoms with E-state index in [0.717, 1.165) is 38.5 Å². The van der Waals surface area contributed by atoms with Crippen LogP contribution in [0.3, 0.4) is 0 Å². The van der Waals surface area contributed by atoms with Crippen molar-refractivity contribution in [3.05, 3.63) is 0 Å². The van der Waals surface area contributed by atoms with Crippen molar-refractivity contribution in [3.63, 3.8) is 0 Å². The van der Waals surface area contributed by atoms with Crippen LogP contribution >= 0.6 is 0 Å². The summed E-state index contributed by atoms with van der Waals surface area (Å²) in [5.41, 5.74) is 0. The molecule has 1 fully saturated rings. The largest absolute Gasteiger partial charge is 0.462 e. The molecule has 12 nitrogen and oxygen atoms in total. The Balaban J connectivity index is 2.46. The number of rotatable bonds is 36. The lowest BCUT2D eigenvalue weighted by atomic mass is 10.00. The summed E-state index contributed by atoms with van der Waals surface area (Å²) in [5.74, 6) is -1.97. The molecule has 1 rings (SSSR count). The Labute approximate surface area is 327 Å². The van der Waals surface area contributed by atoms with Gasteiger partial charge in [-0.1, -0.05) is 168 Å². The molecule has 0 aromatic heterocycles. The molecule has 13 heteroatoms. The van der Waals surface area contributed by atoms with E-state index in [1.54, 1.807) is 0 Å². The molecule has 0 aromatic rings. The van der Waals surface area contributed by atoms with Crippen LogP contribution in [0.1, 0.15) is 194 Å². The molecule has 1 heterocycles. The number of hydrogen-bond acceptors (Lipinski definition) is 11. The van der Waals surface area contributed by atoms with E-state index < -0.39 is 71.2 Å². The molecule has 0 unspecified atom stereocenters. The van der Waals surface area contributed by atoms with Gasteiger partial charge in [0.1, 0.15) is 36.8 Å². The predicted molar refractivity (Wildman–Crippen MR) is 211 cm³/mol. The molecule has 0 aliphatic carbocycles. The van der Waals surface area contributed by atoms with Gasteiger partial charge in [0.2, 0.25) is 0 Å². The minimum Gasteiger partial charge on any atom is -0.462 e. The third kappa shape index (κ3) is 27.3. The smallest absolute Gasteiger partial charge is 0.306 e. The Hall–Kier alpha value is -1.35. The van der Waals surface area contributed by atoms with Crippen molar-refractivity contribution in [3.8, 4) is 0 Å². The van der Waals surface area contributed by atoms with Crippen molar-refractivity contribution < 1.29 is 56.8 Å². The van der Waals surface area contributed by atoms with Gasteiger partial charge < -0.3 is 34.3 Å². The maximum absolute atomic E-state index is 12.8. The van der Waals surface area contributed by atoms with Gasteiger partial charge in [-0.3, -0.25) is 14.1 Å². The van der Waals surface area contributed by atoms with Crippen molar-refractivity contribution in [2.75, 3.05) is 19.0 Å². The molecule has 0 spiro atoms. The van der Waals surface area contributed by atoms with Crippen molar-refractivity contribution >= 4 is 22.1 Å². The lowest BCUT2D eigenvalue weighted by molar-refractivity contribution is -0.297. The first-order chi connectivity index (χ1) is 26.0. The number of hydrogen-bond donors (Lipinski definition) is 4. The van der Waals surface area contributed by atoms with Crippen LogP contribution in [-0.2, 0) is 38.7 Å². The third-order valence-corrected chi connectivity index (χ3v) is 10.9. The summed E-state index contributed by atoms with van der Waals surface area (Å²) >= 11 is 0. The number of ether oxygens (including phenoxy) is 4. The van der Waals surface area contributed by atoms with Gasteiger partial charge in [-0.05, 0) is 12.8 Å². The van der Waals surface area contributed by atoms with Gasteiger partial charge in [0.05, 0.1) is 6.61 Å². The van der Waals surface area contributed by atoms with E-state index in [0.29, 0.717) is 12.8 Å². The highest BCUT2D eigenvalue weighted by molar-refractivity contribution is 7.85. The Morgan fingerprint density at radius 1 is 0.556 bits per heavy atom.